The zero-order chi connectivity index (χ0) is 63.8. The van der Waals surface area contributed by atoms with Crippen LogP contribution in [0.25, 0.3) is 33.5 Å². The summed E-state index contributed by atoms with van der Waals surface area (Å²) in [6.45, 7) is 13.2. The van der Waals surface area contributed by atoms with Crippen LogP contribution in [0.4, 0.5) is 0 Å². The quantitative estimate of drug-likeness (QED) is 0.0116. The summed E-state index contributed by atoms with van der Waals surface area (Å²) in [6.07, 6.45) is 10.4. The predicted molar refractivity (Wildman–Crippen MR) is 342 cm³/mol. The van der Waals surface area contributed by atoms with Crippen molar-refractivity contribution in [2.75, 3.05) is 52.9 Å². The SMILES string of the molecule is C=CC(=O)OCCCCCCOc1ccc(OC(=O)c2ccc(COc3cccc(-c4nc5ccc(OCCOCCOC(=O)C=C)cc5nc4-c4cccc(OCc5ccc(C(=O)Oc6ccc(OCCCCCCOC(=O)C=C)cc6)cc5)c4)c3)cc2)cc1. The zero-order valence-electron chi connectivity index (χ0n) is 50.6. The first-order valence-electron chi connectivity index (χ1n) is 30.0. The molecule has 0 unspecified atom stereocenters. The standard InChI is InChI=1S/C73H72N2O16/c1-4-67(76)85-41-13-9-7-11-39-82-58-29-33-60(34-30-58)90-72(79)54-25-21-52(22-26-54)50-88-62-19-15-17-56(47-62)70-71(75-66-49-64(37-38-65(66)74-70)84-45-43-81-44-46-87-69(78)6-3)57-18-16-20-63(48-57)89-51-53-23-27-55(28-24-53)73(80)91-61-35-31-59(32-36-61)83-40-12-8-10-14-42-86-68(77)5-2/h4-6,15-38,47-49H,1-3,7-14,39-46,50-51H2. The van der Waals surface area contributed by atoms with E-state index in [9.17, 15) is 24.0 Å². The van der Waals surface area contributed by atoms with Crippen LogP contribution in [0.2, 0.25) is 0 Å². The second-order valence-electron chi connectivity index (χ2n) is 20.4. The number of ether oxygens (including phenoxy) is 11. The number of benzene rings is 7. The van der Waals surface area contributed by atoms with E-state index in [0.29, 0.717) is 100 Å². The minimum Gasteiger partial charge on any atom is -0.494 e. The summed E-state index contributed by atoms with van der Waals surface area (Å²) in [6, 6.07) is 48.4. The highest BCUT2D eigenvalue weighted by Gasteiger charge is 2.18. The predicted octanol–water partition coefficient (Wildman–Crippen LogP) is 14.0. The van der Waals surface area contributed by atoms with E-state index in [1.807, 2.05) is 91.0 Å². The van der Waals surface area contributed by atoms with Crippen LogP contribution in [-0.4, -0.2) is 92.7 Å². The van der Waals surface area contributed by atoms with Crippen molar-refractivity contribution in [3.05, 3.63) is 224 Å². The number of rotatable bonds is 38. The van der Waals surface area contributed by atoms with E-state index in [2.05, 4.69) is 19.7 Å². The molecule has 91 heavy (non-hydrogen) atoms. The van der Waals surface area contributed by atoms with Crippen LogP contribution in [0.3, 0.4) is 0 Å². The van der Waals surface area contributed by atoms with E-state index in [1.54, 1.807) is 72.8 Å². The third-order valence-electron chi connectivity index (χ3n) is 13.7. The van der Waals surface area contributed by atoms with Crippen molar-refractivity contribution in [2.45, 2.75) is 64.6 Å². The van der Waals surface area contributed by atoms with Crippen molar-refractivity contribution >= 4 is 40.9 Å². The summed E-state index contributed by atoms with van der Waals surface area (Å²) in [4.78, 5) is 70.3. The lowest BCUT2D eigenvalue weighted by Gasteiger charge is -2.14. The van der Waals surface area contributed by atoms with Gasteiger partial charge in [0.25, 0.3) is 0 Å². The molecule has 0 aliphatic carbocycles. The van der Waals surface area contributed by atoms with Crippen LogP contribution in [0, 0.1) is 0 Å². The Balaban J connectivity index is 0.871. The smallest absolute Gasteiger partial charge is 0.343 e. The maximum Gasteiger partial charge on any atom is 0.343 e. The average Bonchev–Trinajstić information content (AvgIpc) is 0.954. The molecule has 0 fully saturated rings. The third-order valence-corrected chi connectivity index (χ3v) is 13.7. The number of hydrogen-bond donors (Lipinski definition) is 0. The number of nitrogens with zero attached hydrogens (tertiary/aromatic N) is 2. The van der Waals surface area contributed by atoms with Crippen molar-refractivity contribution in [3.8, 4) is 62.8 Å². The summed E-state index contributed by atoms with van der Waals surface area (Å²) < 4.78 is 62.2. The first-order valence-corrected chi connectivity index (χ1v) is 30.0. The molecule has 18 nitrogen and oxygen atoms in total. The monoisotopic (exact) mass is 1230 g/mol. The number of hydrogen-bond acceptors (Lipinski definition) is 18. The lowest BCUT2D eigenvalue weighted by Crippen LogP contribution is -2.12. The van der Waals surface area contributed by atoms with Gasteiger partial charge in [-0.25, -0.2) is 33.9 Å². The Kier molecular flexibility index (Phi) is 26.3. The van der Waals surface area contributed by atoms with Gasteiger partial charge in [0.05, 0.1) is 73.2 Å². The van der Waals surface area contributed by atoms with Crippen molar-refractivity contribution in [1.29, 1.82) is 0 Å². The topological polar surface area (TPSA) is 213 Å². The Morgan fingerprint density at radius 1 is 0.341 bits per heavy atom. The molecule has 8 rings (SSSR count). The Morgan fingerprint density at radius 3 is 1.19 bits per heavy atom. The van der Waals surface area contributed by atoms with Crippen LogP contribution in [-0.2, 0) is 46.5 Å². The molecule has 0 radical (unpaired) electrons. The van der Waals surface area contributed by atoms with Gasteiger partial charge in [-0.15, -0.1) is 0 Å². The molecule has 0 bridgehead atoms. The molecule has 0 amide bonds. The van der Waals surface area contributed by atoms with Gasteiger partial charge in [0.1, 0.15) is 66.7 Å². The zero-order valence-corrected chi connectivity index (χ0v) is 50.6. The molecule has 0 aliphatic rings. The van der Waals surface area contributed by atoms with E-state index < -0.39 is 29.8 Å². The van der Waals surface area contributed by atoms with Crippen LogP contribution >= 0.6 is 0 Å². The lowest BCUT2D eigenvalue weighted by atomic mass is 10.0. The highest BCUT2D eigenvalue weighted by atomic mass is 16.6. The van der Waals surface area contributed by atoms with Gasteiger partial charge in [0.2, 0.25) is 0 Å². The van der Waals surface area contributed by atoms with Gasteiger partial charge in [0, 0.05) is 35.4 Å². The fourth-order valence-electron chi connectivity index (χ4n) is 8.88. The summed E-state index contributed by atoms with van der Waals surface area (Å²) in [5.41, 5.74) is 6.22. The number of carbonyl (C=O) groups is 5. The minimum absolute atomic E-state index is 0.0985. The number of aromatic nitrogens is 2. The maximum absolute atomic E-state index is 13.1. The second kappa shape index (κ2) is 36.0. The summed E-state index contributed by atoms with van der Waals surface area (Å²) >= 11 is 0. The highest BCUT2D eigenvalue weighted by molar-refractivity contribution is 5.92. The number of fused-ring (bicyclic) bond motifs is 1. The van der Waals surface area contributed by atoms with Gasteiger partial charge >= 0.3 is 29.8 Å². The van der Waals surface area contributed by atoms with Gasteiger partial charge < -0.3 is 52.1 Å². The van der Waals surface area contributed by atoms with Crippen LogP contribution < -0.4 is 33.2 Å². The third kappa shape index (κ3) is 22.2. The Labute approximate surface area is 528 Å². The minimum atomic E-state index is -0.517. The second-order valence-corrected chi connectivity index (χ2v) is 20.4. The molecule has 470 valence electrons. The molecule has 0 saturated carbocycles. The molecule has 0 spiro atoms. The van der Waals surface area contributed by atoms with Gasteiger partial charge in [0.15, 0.2) is 0 Å². The molecule has 0 saturated heterocycles. The van der Waals surface area contributed by atoms with Crippen molar-refractivity contribution < 1.29 is 76.1 Å². The molecule has 18 heteroatoms. The van der Waals surface area contributed by atoms with Gasteiger partial charge in [-0.05, 0) is 172 Å². The summed E-state index contributed by atoms with van der Waals surface area (Å²) in [5, 5.41) is 0. The van der Waals surface area contributed by atoms with Gasteiger partial charge in [-0.1, -0.05) is 68.3 Å². The Hall–Kier alpha value is -10.6. The average molecular weight is 1230 g/mol. The molecule has 7 aromatic carbocycles. The van der Waals surface area contributed by atoms with Crippen LogP contribution in [0.15, 0.2) is 202 Å². The van der Waals surface area contributed by atoms with E-state index >= 15 is 0 Å². The fourth-order valence-corrected chi connectivity index (χ4v) is 8.88. The molecule has 0 aliphatic heterocycles. The van der Waals surface area contributed by atoms with Gasteiger partial charge in [-0.3, -0.25) is 0 Å². The largest absolute Gasteiger partial charge is 0.494 e. The summed E-state index contributed by atoms with van der Waals surface area (Å²) in [5.74, 6) is 1.44. The molecule has 1 heterocycles. The van der Waals surface area contributed by atoms with Crippen LogP contribution in [0.5, 0.6) is 40.2 Å². The molecule has 8 aromatic rings. The molecular formula is C73H72N2O16. The van der Waals surface area contributed by atoms with E-state index in [-0.39, 0.29) is 39.6 Å². The molecule has 0 N–H and O–H groups in total. The molecule has 0 atom stereocenters. The Bertz CT molecular complexity index is 3700. The number of carbonyl (C=O) groups excluding carboxylic acids is 5. The van der Waals surface area contributed by atoms with Gasteiger partial charge in [-0.2, -0.15) is 0 Å². The summed E-state index contributed by atoms with van der Waals surface area (Å²) in [7, 11) is 0. The number of unbranched alkanes of at least 4 members (excludes halogenated alkanes) is 6. The fraction of sp³-hybridized carbons (Fsp3) is 0.247. The highest BCUT2D eigenvalue weighted by Crippen LogP contribution is 2.35. The van der Waals surface area contributed by atoms with Crippen molar-refractivity contribution in [1.82, 2.24) is 9.97 Å². The van der Waals surface area contributed by atoms with E-state index in [0.717, 1.165) is 91.8 Å². The lowest BCUT2D eigenvalue weighted by molar-refractivity contribution is -0.139. The molecule has 1 aromatic heterocycles. The first kappa shape index (κ1) is 66.4. The van der Waals surface area contributed by atoms with Crippen LogP contribution in [0.1, 0.15) is 83.2 Å². The number of esters is 5. The van der Waals surface area contributed by atoms with E-state index in [1.165, 1.54) is 0 Å². The van der Waals surface area contributed by atoms with E-state index in [4.69, 9.17) is 62.1 Å². The molecular weight excluding hydrogens is 1160 g/mol. The maximum atomic E-state index is 13.1. The normalized spacial score (nSPS) is 10.7. The van der Waals surface area contributed by atoms with Crippen molar-refractivity contribution in [2.24, 2.45) is 0 Å². The first-order chi connectivity index (χ1) is 44.5. The Morgan fingerprint density at radius 2 is 0.725 bits per heavy atom. The van der Waals surface area contributed by atoms with Crippen molar-refractivity contribution in [3.63, 3.8) is 0 Å².